The first-order valence-corrected chi connectivity index (χ1v) is 9.77. The van der Waals surface area contributed by atoms with Gasteiger partial charge in [-0.05, 0) is 37.0 Å². The molecule has 2 atom stereocenters. The fourth-order valence-corrected chi connectivity index (χ4v) is 3.37. The fraction of sp³-hybridized carbons (Fsp3) is 0.400. The summed E-state index contributed by atoms with van der Waals surface area (Å²) in [7, 11) is 1.32. The van der Waals surface area contributed by atoms with E-state index in [4.69, 9.17) is 0 Å². The van der Waals surface area contributed by atoms with E-state index in [0.717, 1.165) is 16.7 Å². The van der Waals surface area contributed by atoms with Crippen molar-refractivity contribution in [3.63, 3.8) is 0 Å². The Morgan fingerprint density at radius 1 is 1.34 bits per heavy atom. The zero-order valence-electron chi connectivity index (χ0n) is 16.3. The van der Waals surface area contributed by atoms with Crippen LogP contribution in [0, 0.1) is 0 Å². The Morgan fingerprint density at radius 3 is 2.55 bits per heavy atom. The van der Waals surface area contributed by atoms with Gasteiger partial charge >= 0.3 is 12.1 Å². The van der Waals surface area contributed by atoms with Gasteiger partial charge in [0.25, 0.3) is 0 Å². The highest BCUT2D eigenvalue weighted by atomic mass is 32.1. The molecule has 5 nitrogen and oxygen atoms in total. The normalized spacial score (nSPS) is 14.5. The zero-order valence-corrected chi connectivity index (χ0v) is 17.1. The quantitative estimate of drug-likeness (QED) is 0.491. The number of carbonyl (C=O) groups is 1. The number of carbonyl (C=O) groups excluding carboxylic acids is 1. The standard InChI is InChI=1S/C20H23F3N2O3S/c1-12(8-18(27)28-3)15-6-4-14(5-7-15)9-13(2)24-10-17(26)16-11-29-19(25-16)20(21,22)23/h4-8,11,13,17,24,26H,9-10H2,1-3H3. The van der Waals surface area contributed by atoms with E-state index in [-0.39, 0.29) is 18.3 Å². The lowest BCUT2D eigenvalue weighted by Gasteiger charge is -2.16. The molecule has 0 aliphatic rings. The van der Waals surface area contributed by atoms with Gasteiger partial charge in [-0.25, -0.2) is 9.78 Å². The summed E-state index contributed by atoms with van der Waals surface area (Å²) < 4.78 is 42.4. The first kappa shape index (κ1) is 23.1. The van der Waals surface area contributed by atoms with Crippen LogP contribution in [-0.4, -0.2) is 35.8 Å². The van der Waals surface area contributed by atoms with E-state index >= 15 is 0 Å². The minimum Gasteiger partial charge on any atom is -0.466 e. The molecular formula is C20H23F3N2O3S. The number of allylic oxidation sites excluding steroid dienone is 1. The molecule has 1 heterocycles. The van der Waals surface area contributed by atoms with Crippen molar-refractivity contribution in [3.05, 3.63) is 57.6 Å². The molecule has 1 aromatic heterocycles. The molecular weight excluding hydrogens is 405 g/mol. The van der Waals surface area contributed by atoms with Crippen LogP contribution in [0.3, 0.4) is 0 Å². The number of methoxy groups -OCH3 is 1. The molecule has 0 radical (unpaired) electrons. The Hall–Kier alpha value is -2.23. The van der Waals surface area contributed by atoms with Crippen molar-refractivity contribution >= 4 is 22.9 Å². The molecule has 0 aliphatic heterocycles. The van der Waals surface area contributed by atoms with Gasteiger partial charge in [-0.3, -0.25) is 0 Å². The van der Waals surface area contributed by atoms with Crippen LogP contribution in [0.15, 0.2) is 35.7 Å². The van der Waals surface area contributed by atoms with Crippen molar-refractivity contribution in [2.75, 3.05) is 13.7 Å². The van der Waals surface area contributed by atoms with Crippen LogP contribution in [0.4, 0.5) is 13.2 Å². The number of halogens is 3. The third-order valence-corrected chi connectivity index (χ3v) is 5.16. The minimum atomic E-state index is -4.50. The van der Waals surface area contributed by atoms with Crippen LogP contribution in [0.5, 0.6) is 0 Å². The Balaban J connectivity index is 1.87. The predicted octanol–water partition coefficient (Wildman–Crippen LogP) is 3.99. The zero-order chi connectivity index (χ0) is 21.6. The molecule has 158 valence electrons. The number of aliphatic hydroxyl groups is 1. The summed E-state index contributed by atoms with van der Waals surface area (Å²) in [5.74, 6) is -0.412. The Kier molecular flexibility index (Phi) is 7.95. The molecule has 0 spiro atoms. The maximum atomic E-state index is 12.6. The second-order valence-electron chi connectivity index (χ2n) is 6.65. The summed E-state index contributed by atoms with van der Waals surface area (Å²) in [4.78, 5) is 14.8. The number of aromatic nitrogens is 1. The number of esters is 1. The molecule has 2 unspecified atom stereocenters. The predicted molar refractivity (Wildman–Crippen MR) is 105 cm³/mol. The monoisotopic (exact) mass is 428 g/mol. The van der Waals surface area contributed by atoms with Crippen molar-refractivity contribution in [2.45, 2.75) is 38.6 Å². The number of ether oxygens (including phenoxy) is 1. The lowest BCUT2D eigenvalue weighted by molar-refractivity contribution is -0.138. The molecule has 0 bridgehead atoms. The minimum absolute atomic E-state index is 0.0112. The summed E-state index contributed by atoms with van der Waals surface area (Å²) in [5.41, 5.74) is 2.75. The first-order valence-electron chi connectivity index (χ1n) is 8.89. The van der Waals surface area contributed by atoms with Gasteiger partial charge in [0.05, 0.1) is 12.8 Å². The van der Waals surface area contributed by atoms with Gasteiger partial charge in [0.15, 0.2) is 5.01 Å². The number of rotatable bonds is 8. The number of aliphatic hydroxyl groups excluding tert-OH is 1. The third-order valence-electron chi connectivity index (χ3n) is 4.25. The third kappa shape index (κ3) is 6.95. The molecule has 0 amide bonds. The number of hydrogen-bond acceptors (Lipinski definition) is 6. The molecule has 9 heteroatoms. The Morgan fingerprint density at radius 2 is 2.00 bits per heavy atom. The maximum absolute atomic E-state index is 12.6. The molecule has 2 rings (SSSR count). The van der Waals surface area contributed by atoms with Crippen molar-refractivity contribution < 1.29 is 27.8 Å². The molecule has 1 aromatic carbocycles. The lowest BCUT2D eigenvalue weighted by Crippen LogP contribution is -2.32. The number of benzene rings is 1. The Labute approximate surface area is 171 Å². The van der Waals surface area contributed by atoms with Crippen LogP contribution < -0.4 is 5.32 Å². The van der Waals surface area contributed by atoms with E-state index < -0.39 is 23.3 Å². The smallest absolute Gasteiger partial charge is 0.443 e. The van der Waals surface area contributed by atoms with Gasteiger partial charge in [-0.15, -0.1) is 11.3 Å². The summed E-state index contributed by atoms with van der Waals surface area (Å²) in [6.45, 7) is 3.84. The summed E-state index contributed by atoms with van der Waals surface area (Å²) in [5, 5.41) is 13.4. The van der Waals surface area contributed by atoms with E-state index in [0.29, 0.717) is 17.8 Å². The van der Waals surface area contributed by atoms with E-state index in [1.165, 1.54) is 18.6 Å². The second kappa shape index (κ2) is 10.00. The highest BCUT2D eigenvalue weighted by molar-refractivity contribution is 7.09. The summed E-state index contributed by atoms with van der Waals surface area (Å²) >= 11 is 0.473. The SMILES string of the molecule is COC(=O)C=C(C)c1ccc(CC(C)NCC(O)c2csc(C(F)(F)F)n2)cc1. The fourth-order valence-electron chi connectivity index (χ4n) is 2.64. The highest BCUT2D eigenvalue weighted by Gasteiger charge is 2.35. The van der Waals surface area contributed by atoms with E-state index in [9.17, 15) is 23.1 Å². The van der Waals surface area contributed by atoms with Gasteiger partial charge in [-0.1, -0.05) is 24.3 Å². The highest BCUT2D eigenvalue weighted by Crippen LogP contribution is 2.32. The summed E-state index contributed by atoms with van der Waals surface area (Å²) in [6, 6.07) is 7.67. The number of nitrogens with zero attached hydrogens (tertiary/aromatic N) is 1. The van der Waals surface area contributed by atoms with Crippen molar-refractivity contribution in [1.29, 1.82) is 0 Å². The molecule has 0 saturated carbocycles. The second-order valence-corrected chi connectivity index (χ2v) is 7.51. The molecule has 29 heavy (non-hydrogen) atoms. The largest absolute Gasteiger partial charge is 0.466 e. The molecule has 0 aliphatic carbocycles. The number of alkyl halides is 3. The number of nitrogens with one attached hydrogen (secondary N) is 1. The topological polar surface area (TPSA) is 71.5 Å². The van der Waals surface area contributed by atoms with Gasteiger partial charge in [0.1, 0.15) is 6.10 Å². The van der Waals surface area contributed by atoms with E-state index in [2.05, 4.69) is 15.0 Å². The molecule has 2 N–H and O–H groups in total. The average Bonchev–Trinajstić information content (AvgIpc) is 3.17. The van der Waals surface area contributed by atoms with Gasteiger partial charge in [-0.2, -0.15) is 13.2 Å². The van der Waals surface area contributed by atoms with Crippen LogP contribution in [0.1, 0.15) is 41.8 Å². The van der Waals surface area contributed by atoms with Crippen molar-refractivity contribution in [2.24, 2.45) is 0 Å². The molecule has 0 saturated heterocycles. The number of thiazole rings is 1. The average molecular weight is 428 g/mol. The van der Waals surface area contributed by atoms with E-state index in [1.54, 1.807) is 0 Å². The van der Waals surface area contributed by atoms with Crippen LogP contribution in [-0.2, 0) is 22.1 Å². The molecule has 2 aromatic rings. The molecule has 0 fully saturated rings. The first-order chi connectivity index (χ1) is 13.6. The van der Waals surface area contributed by atoms with Gasteiger partial charge in [0, 0.05) is 24.0 Å². The van der Waals surface area contributed by atoms with E-state index in [1.807, 2.05) is 38.1 Å². The Bertz CT molecular complexity index is 847. The van der Waals surface area contributed by atoms with Gasteiger partial charge in [0.2, 0.25) is 0 Å². The van der Waals surface area contributed by atoms with Crippen molar-refractivity contribution in [1.82, 2.24) is 10.3 Å². The van der Waals surface area contributed by atoms with Gasteiger partial charge < -0.3 is 15.2 Å². The van der Waals surface area contributed by atoms with Crippen LogP contribution in [0.25, 0.3) is 5.57 Å². The summed E-state index contributed by atoms with van der Waals surface area (Å²) in [6.07, 6.45) is -3.53. The maximum Gasteiger partial charge on any atom is 0.443 e. The lowest BCUT2D eigenvalue weighted by atomic mass is 10.0. The number of hydrogen-bond donors (Lipinski definition) is 2. The van der Waals surface area contributed by atoms with Crippen molar-refractivity contribution in [3.8, 4) is 0 Å². The van der Waals surface area contributed by atoms with Crippen LogP contribution >= 0.6 is 11.3 Å². The van der Waals surface area contributed by atoms with Crippen LogP contribution in [0.2, 0.25) is 0 Å².